The number of aromatic nitrogens is 1. The van der Waals surface area contributed by atoms with Crippen LogP contribution in [0.25, 0.3) is 0 Å². The molecule has 170 valence electrons. The summed E-state index contributed by atoms with van der Waals surface area (Å²) < 4.78 is 11.8. The number of fused-ring (bicyclic) bond motifs is 1. The smallest absolute Gasteiger partial charge is 0.328 e. The number of ketones is 1. The second-order valence-corrected chi connectivity index (χ2v) is 7.49. The van der Waals surface area contributed by atoms with Crippen molar-refractivity contribution in [3.05, 3.63) is 59.4 Å². The molecule has 1 aromatic carbocycles. The molecular weight excluding hydrogens is 412 g/mol. The third kappa shape index (κ3) is 5.25. The van der Waals surface area contributed by atoms with Crippen molar-refractivity contribution in [1.82, 2.24) is 9.88 Å². The first kappa shape index (κ1) is 23.2. The Kier molecular flexibility index (Phi) is 7.81. The highest BCUT2D eigenvalue weighted by Crippen LogP contribution is 2.31. The fourth-order valence-corrected chi connectivity index (χ4v) is 3.90. The van der Waals surface area contributed by atoms with Gasteiger partial charge in [-0.15, -0.1) is 0 Å². The van der Waals surface area contributed by atoms with Crippen LogP contribution in [0.4, 0.5) is 0 Å². The number of hydrogen-bond donors (Lipinski definition) is 1. The predicted octanol–water partition coefficient (Wildman–Crippen LogP) is 2.60. The number of hydrogen-bond acceptors (Lipinski definition) is 6. The van der Waals surface area contributed by atoms with Crippen LogP contribution in [0.1, 0.15) is 60.8 Å². The predicted molar refractivity (Wildman–Crippen MR) is 116 cm³/mol. The van der Waals surface area contributed by atoms with Gasteiger partial charge in [-0.1, -0.05) is 30.3 Å². The molecular formula is C24H28N2O6. The lowest BCUT2D eigenvalue weighted by molar-refractivity contribution is -0.149. The number of carbonyl (C=O) groups excluding carboxylic acids is 4. The minimum atomic E-state index is -0.943. The molecule has 0 aliphatic carbocycles. The van der Waals surface area contributed by atoms with Gasteiger partial charge < -0.3 is 19.4 Å². The molecule has 1 aromatic heterocycles. The largest absolute Gasteiger partial charge is 0.466 e. The zero-order valence-electron chi connectivity index (χ0n) is 18.3. The Labute approximate surface area is 186 Å². The average molecular weight is 440 g/mol. The number of nitrogens with zero attached hydrogens (tertiary/aromatic N) is 1. The van der Waals surface area contributed by atoms with E-state index in [9.17, 15) is 19.2 Å². The molecule has 0 radical (unpaired) electrons. The first-order valence-corrected chi connectivity index (χ1v) is 10.9. The standard InChI is InChI=1S/C24H28N2O6/c1-3-31-21(27)13-10-18(24(30)32-4-2)25-23(29)17-14-15-26-19(17)11-12-20(26)22(28)16-8-6-5-7-9-16/h5-9,11-12,17-18H,3-4,10,13-15H2,1-2H3,(H,25,29). The second kappa shape index (κ2) is 10.7. The first-order valence-electron chi connectivity index (χ1n) is 10.9. The van der Waals surface area contributed by atoms with E-state index in [4.69, 9.17) is 9.47 Å². The maximum absolute atomic E-state index is 13.0. The van der Waals surface area contributed by atoms with Crippen LogP contribution in [0.2, 0.25) is 0 Å². The molecule has 8 heteroatoms. The van der Waals surface area contributed by atoms with Crippen molar-refractivity contribution in [2.75, 3.05) is 13.2 Å². The molecule has 3 rings (SSSR count). The highest BCUT2D eigenvalue weighted by molar-refractivity contribution is 6.08. The molecule has 2 aromatic rings. The van der Waals surface area contributed by atoms with Gasteiger partial charge in [-0.05, 0) is 38.8 Å². The maximum Gasteiger partial charge on any atom is 0.328 e. The van der Waals surface area contributed by atoms with Gasteiger partial charge in [0.15, 0.2) is 0 Å². The molecule has 32 heavy (non-hydrogen) atoms. The van der Waals surface area contributed by atoms with Crippen molar-refractivity contribution in [1.29, 1.82) is 0 Å². The van der Waals surface area contributed by atoms with Crippen molar-refractivity contribution in [2.45, 2.75) is 51.6 Å². The van der Waals surface area contributed by atoms with Crippen LogP contribution in [-0.2, 0) is 30.4 Å². The van der Waals surface area contributed by atoms with Crippen LogP contribution in [0, 0.1) is 0 Å². The van der Waals surface area contributed by atoms with Gasteiger partial charge >= 0.3 is 11.9 Å². The molecule has 0 saturated carbocycles. The van der Waals surface area contributed by atoms with E-state index in [2.05, 4.69) is 5.32 Å². The van der Waals surface area contributed by atoms with E-state index in [1.165, 1.54) is 0 Å². The number of rotatable bonds is 10. The quantitative estimate of drug-likeness (QED) is 0.450. The van der Waals surface area contributed by atoms with Crippen molar-refractivity contribution in [3.8, 4) is 0 Å². The number of amides is 1. The minimum absolute atomic E-state index is 0.00559. The Morgan fingerprint density at radius 2 is 1.75 bits per heavy atom. The van der Waals surface area contributed by atoms with E-state index in [0.717, 1.165) is 5.69 Å². The summed E-state index contributed by atoms with van der Waals surface area (Å²) in [4.78, 5) is 49.9. The molecule has 0 saturated heterocycles. The Balaban J connectivity index is 1.71. The molecule has 1 aliphatic rings. The van der Waals surface area contributed by atoms with Crippen LogP contribution < -0.4 is 5.32 Å². The zero-order valence-corrected chi connectivity index (χ0v) is 18.3. The number of ether oxygens (including phenoxy) is 2. The van der Waals surface area contributed by atoms with Crippen LogP contribution >= 0.6 is 0 Å². The summed E-state index contributed by atoms with van der Waals surface area (Å²) in [5, 5.41) is 2.73. The van der Waals surface area contributed by atoms with Gasteiger partial charge in [-0.2, -0.15) is 0 Å². The van der Waals surface area contributed by atoms with Gasteiger partial charge in [0, 0.05) is 24.2 Å². The number of benzene rings is 1. The first-order chi connectivity index (χ1) is 15.5. The molecule has 2 unspecified atom stereocenters. The second-order valence-electron chi connectivity index (χ2n) is 7.49. The Bertz CT molecular complexity index is 982. The molecule has 8 nitrogen and oxygen atoms in total. The lowest BCUT2D eigenvalue weighted by Gasteiger charge is -2.19. The van der Waals surface area contributed by atoms with Gasteiger partial charge in [0.25, 0.3) is 0 Å². The molecule has 0 bridgehead atoms. The molecule has 0 fully saturated rings. The van der Waals surface area contributed by atoms with Crippen molar-refractivity contribution in [2.24, 2.45) is 0 Å². The van der Waals surface area contributed by atoms with Crippen molar-refractivity contribution in [3.63, 3.8) is 0 Å². The summed E-state index contributed by atoms with van der Waals surface area (Å²) >= 11 is 0. The van der Waals surface area contributed by atoms with Crippen LogP contribution in [0.5, 0.6) is 0 Å². The Morgan fingerprint density at radius 1 is 1.03 bits per heavy atom. The summed E-state index contributed by atoms with van der Waals surface area (Å²) in [7, 11) is 0. The van der Waals surface area contributed by atoms with Gasteiger partial charge in [0.1, 0.15) is 6.04 Å². The summed E-state index contributed by atoms with van der Waals surface area (Å²) in [6.45, 7) is 4.33. The number of nitrogens with one attached hydrogen (secondary N) is 1. The van der Waals surface area contributed by atoms with E-state index in [-0.39, 0.29) is 37.7 Å². The fraction of sp³-hybridized carbons (Fsp3) is 0.417. The lowest BCUT2D eigenvalue weighted by atomic mass is 10.0. The van der Waals surface area contributed by atoms with E-state index in [1.807, 2.05) is 22.8 Å². The fourth-order valence-electron chi connectivity index (χ4n) is 3.90. The maximum atomic E-state index is 13.0. The van der Waals surface area contributed by atoms with E-state index < -0.39 is 23.9 Å². The molecule has 0 spiro atoms. The summed E-state index contributed by atoms with van der Waals surface area (Å²) in [5.74, 6) is -1.95. The van der Waals surface area contributed by atoms with E-state index in [1.54, 1.807) is 38.1 Å². The summed E-state index contributed by atoms with van der Waals surface area (Å²) in [6.07, 6.45) is 0.605. The van der Waals surface area contributed by atoms with E-state index in [0.29, 0.717) is 24.2 Å². The van der Waals surface area contributed by atoms with Crippen molar-refractivity contribution < 1.29 is 28.7 Å². The number of carbonyl (C=O) groups is 4. The highest BCUT2D eigenvalue weighted by Gasteiger charge is 2.34. The Morgan fingerprint density at radius 3 is 2.44 bits per heavy atom. The van der Waals surface area contributed by atoms with Gasteiger partial charge in [0.2, 0.25) is 11.7 Å². The molecule has 1 N–H and O–H groups in total. The van der Waals surface area contributed by atoms with Crippen molar-refractivity contribution >= 4 is 23.6 Å². The van der Waals surface area contributed by atoms with Crippen LogP contribution in [0.3, 0.4) is 0 Å². The summed E-state index contributed by atoms with van der Waals surface area (Å²) in [5.41, 5.74) is 1.85. The van der Waals surface area contributed by atoms with Gasteiger partial charge in [0.05, 0.1) is 24.8 Å². The molecule has 2 heterocycles. The summed E-state index contributed by atoms with van der Waals surface area (Å²) in [6, 6.07) is 11.6. The van der Waals surface area contributed by atoms with Gasteiger partial charge in [-0.3, -0.25) is 14.4 Å². The Hall–Kier alpha value is -3.42. The minimum Gasteiger partial charge on any atom is -0.466 e. The zero-order chi connectivity index (χ0) is 23.1. The molecule has 2 atom stereocenters. The third-order valence-corrected chi connectivity index (χ3v) is 5.43. The molecule has 1 aliphatic heterocycles. The van der Waals surface area contributed by atoms with Gasteiger partial charge in [-0.25, -0.2) is 4.79 Å². The van der Waals surface area contributed by atoms with Crippen LogP contribution in [0.15, 0.2) is 42.5 Å². The topological polar surface area (TPSA) is 104 Å². The SMILES string of the molecule is CCOC(=O)CCC(NC(=O)C1CCn2c(C(=O)c3ccccc3)ccc21)C(=O)OCC. The highest BCUT2D eigenvalue weighted by atomic mass is 16.5. The lowest BCUT2D eigenvalue weighted by Crippen LogP contribution is -2.44. The number of esters is 2. The van der Waals surface area contributed by atoms with Crippen LogP contribution in [-0.4, -0.2) is 47.5 Å². The monoisotopic (exact) mass is 440 g/mol. The average Bonchev–Trinajstić information content (AvgIpc) is 3.39. The van der Waals surface area contributed by atoms with E-state index >= 15 is 0 Å². The third-order valence-electron chi connectivity index (χ3n) is 5.43. The molecule has 1 amide bonds. The normalized spacial score (nSPS) is 15.5.